The van der Waals surface area contributed by atoms with Crippen molar-refractivity contribution < 1.29 is 0 Å². The molecule has 1 N–H and O–H groups in total. The van der Waals surface area contributed by atoms with Crippen molar-refractivity contribution in [2.45, 2.75) is 19.8 Å². The van der Waals surface area contributed by atoms with Crippen LogP contribution in [-0.4, -0.2) is 11.5 Å². The molecule has 0 fully saturated rings. The lowest BCUT2D eigenvalue weighted by Crippen LogP contribution is -2.36. The smallest absolute Gasteiger partial charge is 0.0697 e. The summed E-state index contributed by atoms with van der Waals surface area (Å²) >= 11 is 0. The van der Waals surface area contributed by atoms with Crippen molar-refractivity contribution in [3.05, 3.63) is 28.4 Å². The maximum Gasteiger partial charge on any atom is 0.0697 e. The Kier molecular flexibility index (Phi) is 2.05. The number of nitrogens with zero attached hydrogens (tertiary/aromatic N) is 1. The predicted octanol–water partition coefficient (Wildman–Crippen LogP) is 0.327. The summed E-state index contributed by atoms with van der Waals surface area (Å²) in [7, 11) is 0. The van der Waals surface area contributed by atoms with Crippen LogP contribution in [0.4, 0.5) is 0 Å². The molecule has 0 saturated carbocycles. The molecule has 1 aromatic rings. The summed E-state index contributed by atoms with van der Waals surface area (Å²) in [6.45, 7) is 5.22. The topological polar surface area (TPSA) is 24.9 Å². The van der Waals surface area contributed by atoms with Gasteiger partial charge in [-0.1, -0.05) is 13.8 Å². The van der Waals surface area contributed by atoms with Gasteiger partial charge in [0.1, 0.15) is 0 Å². The third-order valence-electron chi connectivity index (χ3n) is 2.24. The van der Waals surface area contributed by atoms with Crippen molar-refractivity contribution >= 4 is 12.3 Å². The van der Waals surface area contributed by atoms with E-state index in [0.29, 0.717) is 5.92 Å². The van der Waals surface area contributed by atoms with Gasteiger partial charge in [0.05, 0.1) is 5.35 Å². The van der Waals surface area contributed by atoms with Crippen molar-refractivity contribution in [2.75, 3.05) is 6.54 Å². The molecule has 0 radical (unpaired) electrons. The van der Waals surface area contributed by atoms with E-state index in [1.807, 2.05) is 6.20 Å². The van der Waals surface area contributed by atoms with E-state index >= 15 is 0 Å². The van der Waals surface area contributed by atoms with E-state index in [1.54, 1.807) is 0 Å². The highest BCUT2D eigenvalue weighted by molar-refractivity contribution is 5.35. The van der Waals surface area contributed by atoms with Crippen LogP contribution in [0, 0.1) is 0 Å². The average Bonchev–Trinajstić information content (AvgIpc) is 2.17. The van der Waals surface area contributed by atoms with Crippen molar-refractivity contribution in [3.8, 4) is 0 Å². The van der Waals surface area contributed by atoms with Crippen LogP contribution >= 0.6 is 0 Å². The Balaban J connectivity index is 2.60. The summed E-state index contributed by atoms with van der Waals surface area (Å²) in [6, 6.07) is 4.22. The fourth-order valence-corrected chi connectivity index (χ4v) is 1.43. The SMILES string of the molecule is CC(C)c1ccc2c(n1)=CCNC=2. The minimum absolute atomic E-state index is 0.508. The van der Waals surface area contributed by atoms with E-state index in [1.165, 1.54) is 10.9 Å². The number of fused-ring (bicyclic) bond motifs is 1. The first-order chi connectivity index (χ1) is 6.27. The third kappa shape index (κ3) is 1.57. The Bertz CT molecular complexity index is 418. The lowest BCUT2D eigenvalue weighted by molar-refractivity contribution is 0.812. The van der Waals surface area contributed by atoms with Gasteiger partial charge in [-0.3, -0.25) is 4.98 Å². The molecule has 1 aliphatic heterocycles. The highest BCUT2D eigenvalue weighted by atomic mass is 14.8. The fourth-order valence-electron chi connectivity index (χ4n) is 1.43. The van der Waals surface area contributed by atoms with Crippen LogP contribution in [0.2, 0.25) is 0 Å². The minimum Gasteiger partial charge on any atom is -0.387 e. The number of aromatic nitrogens is 1. The molecular formula is C11H14N2. The number of pyridine rings is 1. The summed E-state index contributed by atoms with van der Waals surface area (Å²) in [5.41, 5.74) is 1.17. The highest BCUT2D eigenvalue weighted by Crippen LogP contribution is 2.06. The van der Waals surface area contributed by atoms with Gasteiger partial charge in [0.25, 0.3) is 0 Å². The second-order valence-corrected chi connectivity index (χ2v) is 3.62. The first-order valence-electron chi connectivity index (χ1n) is 4.68. The normalized spacial score (nSPS) is 14.1. The summed E-state index contributed by atoms with van der Waals surface area (Å²) in [5, 5.41) is 5.48. The molecule has 2 heteroatoms. The molecule has 0 spiro atoms. The van der Waals surface area contributed by atoms with Crippen LogP contribution in [0.3, 0.4) is 0 Å². The van der Waals surface area contributed by atoms with E-state index in [4.69, 9.17) is 0 Å². The zero-order chi connectivity index (χ0) is 9.26. The first kappa shape index (κ1) is 8.30. The number of hydrogen-bond donors (Lipinski definition) is 1. The van der Waals surface area contributed by atoms with Crippen LogP contribution in [-0.2, 0) is 0 Å². The monoisotopic (exact) mass is 174 g/mol. The second kappa shape index (κ2) is 3.21. The van der Waals surface area contributed by atoms with E-state index in [9.17, 15) is 0 Å². The van der Waals surface area contributed by atoms with E-state index in [2.05, 4.69) is 42.4 Å². The van der Waals surface area contributed by atoms with Gasteiger partial charge < -0.3 is 5.32 Å². The largest absolute Gasteiger partial charge is 0.387 e. The zero-order valence-corrected chi connectivity index (χ0v) is 8.04. The van der Waals surface area contributed by atoms with Gasteiger partial charge in [-0.2, -0.15) is 0 Å². The van der Waals surface area contributed by atoms with Crippen LogP contribution in [0.25, 0.3) is 12.3 Å². The van der Waals surface area contributed by atoms with E-state index in [-0.39, 0.29) is 0 Å². The molecule has 68 valence electrons. The number of nitrogens with one attached hydrogen (secondary N) is 1. The van der Waals surface area contributed by atoms with E-state index < -0.39 is 0 Å². The Labute approximate surface area is 78.0 Å². The number of hydrogen-bond acceptors (Lipinski definition) is 2. The molecular weight excluding hydrogens is 160 g/mol. The van der Waals surface area contributed by atoms with Crippen LogP contribution < -0.4 is 15.9 Å². The molecule has 0 atom stereocenters. The molecule has 1 aliphatic rings. The molecule has 1 aromatic heterocycles. The van der Waals surface area contributed by atoms with Crippen molar-refractivity contribution in [3.63, 3.8) is 0 Å². The molecule has 13 heavy (non-hydrogen) atoms. The predicted molar refractivity (Wildman–Crippen MR) is 54.5 cm³/mol. The summed E-state index contributed by atoms with van der Waals surface area (Å²) < 4.78 is 0. The second-order valence-electron chi connectivity index (χ2n) is 3.62. The highest BCUT2D eigenvalue weighted by Gasteiger charge is 2.00. The summed E-state index contributed by atoms with van der Waals surface area (Å²) in [4.78, 5) is 4.59. The molecule has 0 bridgehead atoms. The van der Waals surface area contributed by atoms with Crippen molar-refractivity contribution in [2.24, 2.45) is 0 Å². The Morgan fingerprint density at radius 1 is 1.38 bits per heavy atom. The van der Waals surface area contributed by atoms with Gasteiger partial charge in [-0.05, 0) is 24.1 Å². The lowest BCUT2D eigenvalue weighted by Gasteiger charge is -2.06. The molecule has 0 amide bonds. The van der Waals surface area contributed by atoms with Gasteiger partial charge in [-0.15, -0.1) is 0 Å². The average molecular weight is 174 g/mol. The summed E-state index contributed by atoms with van der Waals surface area (Å²) in [5.74, 6) is 0.508. The van der Waals surface area contributed by atoms with Gasteiger partial charge >= 0.3 is 0 Å². The van der Waals surface area contributed by atoms with Gasteiger partial charge in [0.15, 0.2) is 0 Å². The molecule has 2 nitrogen and oxygen atoms in total. The first-order valence-corrected chi connectivity index (χ1v) is 4.68. The summed E-state index contributed by atoms with van der Waals surface area (Å²) in [6.07, 6.45) is 4.15. The van der Waals surface area contributed by atoms with Crippen molar-refractivity contribution in [1.82, 2.24) is 10.3 Å². The van der Waals surface area contributed by atoms with Crippen LogP contribution in [0.5, 0.6) is 0 Å². The van der Waals surface area contributed by atoms with Crippen LogP contribution in [0.15, 0.2) is 12.1 Å². The molecule has 0 aromatic carbocycles. The maximum atomic E-state index is 4.59. The third-order valence-corrected chi connectivity index (χ3v) is 2.24. The van der Waals surface area contributed by atoms with Gasteiger partial charge in [-0.25, -0.2) is 0 Å². The van der Waals surface area contributed by atoms with Crippen LogP contribution in [0.1, 0.15) is 25.5 Å². The molecule has 2 rings (SSSR count). The zero-order valence-electron chi connectivity index (χ0n) is 8.04. The minimum atomic E-state index is 0.508. The Hall–Kier alpha value is -1.31. The fraction of sp³-hybridized carbons (Fsp3) is 0.364. The lowest BCUT2D eigenvalue weighted by atomic mass is 10.1. The molecule has 0 unspecified atom stereocenters. The van der Waals surface area contributed by atoms with E-state index in [0.717, 1.165) is 11.9 Å². The molecule has 0 aliphatic carbocycles. The molecule has 0 saturated heterocycles. The van der Waals surface area contributed by atoms with Gasteiger partial charge in [0, 0.05) is 23.7 Å². The standard InChI is InChI=1S/C11H14N2/c1-8(2)10-4-3-9-7-12-6-5-11(9)13-10/h3-5,7-8,12H,6H2,1-2H3. The Morgan fingerprint density at radius 2 is 2.23 bits per heavy atom. The molecule has 2 heterocycles. The van der Waals surface area contributed by atoms with Gasteiger partial charge in [0.2, 0.25) is 0 Å². The number of rotatable bonds is 1. The Morgan fingerprint density at radius 3 is 3.00 bits per heavy atom. The quantitative estimate of drug-likeness (QED) is 0.663. The maximum absolute atomic E-state index is 4.59. The van der Waals surface area contributed by atoms with Crippen molar-refractivity contribution in [1.29, 1.82) is 0 Å².